The molecule has 1 unspecified atom stereocenters. The lowest BCUT2D eigenvalue weighted by Gasteiger charge is -2.38. The van der Waals surface area contributed by atoms with E-state index in [0.717, 1.165) is 37.3 Å². The Morgan fingerprint density at radius 3 is 2.40 bits per heavy atom. The zero-order valence-corrected chi connectivity index (χ0v) is 10.2. The first-order chi connectivity index (χ1) is 6.83. The maximum Gasteiger partial charge on any atom is 0.267 e. The van der Waals surface area contributed by atoms with E-state index >= 15 is 0 Å². The van der Waals surface area contributed by atoms with Crippen LogP contribution >= 0.6 is 0 Å². The van der Waals surface area contributed by atoms with Crippen LogP contribution in [-0.2, 0) is 14.9 Å². The molecule has 1 rings (SSSR count). The summed E-state index contributed by atoms with van der Waals surface area (Å²) in [6.07, 6.45) is 0.495. The van der Waals surface area contributed by atoms with Gasteiger partial charge in [0.2, 0.25) is 0 Å². The minimum atomic E-state index is -3.87. The van der Waals surface area contributed by atoms with Crippen molar-refractivity contribution in [2.45, 2.75) is 18.6 Å². The molecule has 0 aliphatic carbocycles. The standard InChI is InChI=1S/C9H19NO4S/c1-9(15(11,12)13)3-4-10(2)5-7-14-8-6-10/h9H,3-8H2,1-2H3/p+1. The molecule has 1 saturated heterocycles. The van der Waals surface area contributed by atoms with Gasteiger partial charge in [-0.1, -0.05) is 0 Å². The van der Waals surface area contributed by atoms with Crippen LogP contribution in [0.25, 0.3) is 0 Å². The predicted molar refractivity (Wildman–Crippen MR) is 57.2 cm³/mol. The molecule has 0 amide bonds. The highest BCUT2D eigenvalue weighted by atomic mass is 32.2. The Balaban J connectivity index is 2.42. The summed E-state index contributed by atoms with van der Waals surface area (Å²) >= 11 is 0. The summed E-state index contributed by atoms with van der Waals surface area (Å²) in [5.74, 6) is 0. The quantitative estimate of drug-likeness (QED) is 0.558. The largest absolute Gasteiger partial charge is 0.370 e. The molecule has 5 nitrogen and oxygen atoms in total. The predicted octanol–water partition coefficient (Wildman–Crippen LogP) is 0.130. The van der Waals surface area contributed by atoms with Gasteiger partial charge < -0.3 is 9.22 Å². The maximum absolute atomic E-state index is 10.8. The van der Waals surface area contributed by atoms with Gasteiger partial charge in [-0.05, 0) is 6.92 Å². The lowest BCUT2D eigenvalue weighted by Crippen LogP contribution is -2.53. The van der Waals surface area contributed by atoms with Gasteiger partial charge >= 0.3 is 0 Å². The van der Waals surface area contributed by atoms with Gasteiger partial charge in [0.05, 0.1) is 32.1 Å². The van der Waals surface area contributed by atoms with Crippen LogP contribution in [0.15, 0.2) is 0 Å². The van der Waals surface area contributed by atoms with E-state index in [9.17, 15) is 8.42 Å². The number of rotatable bonds is 4. The van der Waals surface area contributed by atoms with E-state index in [-0.39, 0.29) is 0 Å². The molecule has 1 heterocycles. The van der Waals surface area contributed by atoms with Gasteiger partial charge in [-0.2, -0.15) is 8.42 Å². The highest BCUT2D eigenvalue weighted by Crippen LogP contribution is 2.12. The molecule has 6 heteroatoms. The van der Waals surface area contributed by atoms with Crippen molar-refractivity contribution in [1.82, 2.24) is 0 Å². The van der Waals surface area contributed by atoms with E-state index in [1.54, 1.807) is 6.92 Å². The van der Waals surface area contributed by atoms with Crippen LogP contribution in [0.4, 0.5) is 0 Å². The molecule has 0 aromatic carbocycles. The first-order valence-corrected chi connectivity index (χ1v) is 6.71. The van der Waals surface area contributed by atoms with Crippen LogP contribution in [-0.4, -0.2) is 62.6 Å². The summed E-state index contributed by atoms with van der Waals surface area (Å²) < 4.78 is 36.6. The lowest BCUT2D eigenvalue weighted by atomic mass is 10.2. The number of likely N-dealkylation sites (N-methyl/N-ethyl adjacent to an activating group) is 1. The van der Waals surface area contributed by atoms with Crippen LogP contribution in [0.2, 0.25) is 0 Å². The Hall–Kier alpha value is -0.170. The topological polar surface area (TPSA) is 63.6 Å². The molecule has 0 spiro atoms. The molecule has 1 N–H and O–H groups in total. The molecule has 1 aliphatic heterocycles. The Kier molecular flexibility index (Phi) is 4.11. The van der Waals surface area contributed by atoms with Crippen molar-refractivity contribution in [1.29, 1.82) is 0 Å². The highest BCUT2D eigenvalue weighted by Gasteiger charge is 2.28. The third kappa shape index (κ3) is 4.06. The number of hydrogen-bond acceptors (Lipinski definition) is 3. The zero-order chi connectivity index (χ0) is 11.5. The summed E-state index contributed by atoms with van der Waals surface area (Å²) in [7, 11) is -1.78. The van der Waals surface area contributed by atoms with Crippen molar-refractivity contribution in [2.75, 3.05) is 39.9 Å². The normalized spacial score (nSPS) is 23.7. The van der Waals surface area contributed by atoms with Crippen molar-refractivity contribution in [3.8, 4) is 0 Å². The molecule has 0 aromatic heterocycles. The van der Waals surface area contributed by atoms with Gasteiger partial charge in [0.15, 0.2) is 0 Å². The fourth-order valence-corrected chi connectivity index (χ4v) is 2.05. The molecule has 1 atom stereocenters. The number of ether oxygens (including phenoxy) is 1. The number of nitrogens with zero attached hydrogens (tertiary/aromatic N) is 1. The first-order valence-electron chi connectivity index (χ1n) is 5.21. The smallest absolute Gasteiger partial charge is 0.267 e. The lowest BCUT2D eigenvalue weighted by molar-refractivity contribution is -0.917. The minimum absolute atomic E-state index is 0.495. The Morgan fingerprint density at radius 1 is 1.40 bits per heavy atom. The van der Waals surface area contributed by atoms with Crippen molar-refractivity contribution in [2.24, 2.45) is 0 Å². The summed E-state index contributed by atoms with van der Waals surface area (Å²) in [6.45, 7) is 5.61. The van der Waals surface area contributed by atoms with Gasteiger partial charge in [-0.3, -0.25) is 4.55 Å². The van der Waals surface area contributed by atoms with Gasteiger partial charge in [0.25, 0.3) is 10.1 Å². The van der Waals surface area contributed by atoms with Crippen molar-refractivity contribution in [3.05, 3.63) is 0 Å². The molecule has 0 radical (unpaired) electrons. The third-order valence-corrected chi connectivity index (χ3v) is 4.39. The summed E-state index contributed by atoms with van der Waals surface area (Å²) in [6, 6.07) is 0. The average molecular weight is 238 g/mol. The number of hydrogen-bond donors (Lipinski definition) is 1. The van der Waals surface area contributed by atoms with Crippen molar-refractivity contribution >= 4 is 10.1 Å². The average Bonchev–Trinajstić information content (AvgIpc) is 2.14. The van der Waals surface area contributed by atoms with Crippen LogP contribution < -0.4 is 0 Å². The maximum atomic E-state index is 10.8. The Bertz CT molecular complexity index is 295. The monoisotopic (exact) mass is 238 g/mol. The number of quaternary nitrogens is 1. The minimum Gasteiger partial charge on any atom is -0.370 e. The zero-order valence-electron chi connectivity index (χ0n) is 9.35. The van der Waals surface area contributed by atoms with Crippen LogP contribution in [0.5, 0.6) is 0 Å². The van der Waals surface area contributed by atoms with Crippen molar-refractivity contribution < 1.29 is 22.2 Å². The summed E-state index contributed by atoms with van der Waals surface area (Å²) in [4.78, 5) is 0. The molecule has 15 heavy (non-hydrogen) atoms. The molecule has 1 fully saturated rings. The molecule has 1 aliphatic rings. The molecular weight excluding hydrogens is 218 g/mol. The Labute approximate surface area is 91.4 Å². The molecule has 0 bridgehead atoms. The van der Waals surface area contributed by atoms with Gasteiger partial charge in [-0.15, -0.1) is 0 Å². The van der Waals surface area contributed by atoms with Gasteiger partial charge in [-0.25, -0.2) is 0 Å². The van der Waals surface area contributed by atoms with E-state index < -0.39 is 15.4 Å². The van der Waals surface area contributed by atoms with E-state index in [4.69, 9.17) is 9.29 Å². The van der Waals surface area contributed by atoms with Crippen LogP contribution in [0.3, 0.4) is 0 Å². The summed E-state index contributed by atoms with van der Waals surface area (Å²) in [5, 5.41) is -0.671. The van der Waals surface area contributed by atoms with E-state index in [0.29, 0.717) is 6.42 Å². The van der Waals surface area contributed by atoms with E-state index in [1.807, 2.05) is 0 Å². The highest BCUT2D eigenvalue weighted by molar-refractivity contribution is 7.86. The second-order valence-corrected chi connectivity index (χ2v) is 6.35. The van der Waals surface area contributed by atoms with Gasteiger partial charge in [0, 0.05) is 6.42 Å². The first kappa shape index (κ1) is 12.9. The van der Waals surface area contributed by atoms with E-state index in [2.05, 4.69) is 7.05 Å². The van der Waals surface area contributed by atoms with Crippen molar-refractivity contribution in [3.63, 3.8) is 0 Å². The number of morpholine rings is 1. The van der Waals surface area contributed by atoms with Crippen LogP contribution in [0.1, 0.15) is 13.3 Å². The van der Waals surface area contributed by atoms with Crippen LogP contribution in [0, 0.1) is 0 Å². The SMILES string of the molecule is CC(CC[N+]1(C)CCOCC1)S(=O)(=O)O. The second-order valence-electron chi connectivity index (χ2n) is 4.52. The van der Waals surface area contributed by atoms with E-state index in [1.165, 1.54) is 0 Å². The Morgan fingerprint density at radius 2 is 1.93 bits per heavy atom. The third-order valence-electron chi connectivity index (χ3n) is 3.13. The fraction of sp³-hybridized carbons (Fsp3) is 1.00. The second kappa shape index (κ2) is 4.78. The van der Waals surface area contributed by atoms with Gasteiger partial charge in [0.1, 0.15) is 13.1 Å². The summed E-state index contributed by atoms with van der Waals surface area (Å²) in [5.41, 5.74) is 0. The fourth-order valence-electron chi connectivity index (χ4n) is 1.65. The molecule has 0 saturated carbocycles. The molecule has 0 aromatic rings. The molecule has 90 valence electrons. The molecular formula is C9H20NO4S+.